The molecule has 4 N–H and O–H groups in total. The number of rotatable bonds is 5. The van der Waals surface area contributed by atoms with Gasteiger partial charge in [-0.2, -0.15) is 0 Å². The van der Waals surface area contributed by atoms with Crippen molar-refractivity contribution in [3.63, 3.8) is 0 Å². The third kappa shape index (κ3) is 2.66. The highest BCUT2D eigenvalue weighted by molar-refractivity contribution is 5.56. The summed E-state index contributed by atoms with van der Waals surface area (Å²) in [4.78, 5) is 8.85. The summed E-state index contributed by atoms with van der Waals surface area (Å²) < 4.78 is 0. The molecule has 0 bridgehead atoms. The fraction of sp³-hybridized carbons (Fsp3) is 0.667. The molecule has 0 aliphatic heterocycles. The Labute approximate surface area is 102 Å². The number of hydrogen-bond acceptors (Lipinski definition) is 5. The summed E-state index contributed by atoms with van der Waals surface area (Å²) in [6.07, 6.45) is 2.13. The van der Waals surface area contributed by atoms with Crippen LogP contribution in [0.4, 0.5) is 11.6 Å². The van der Waals surface area contributed by atoms with Gasteiger partial charge in [0.15, 0.2) is 0 Å². The highest BCUT2D eigenvalue weighted by atomic mass is 15.3. The summed E-state index contributed by atoms with van der Waals surface area (Å²) in [5.74, 6) is 9.54. The molecule has 1 fully saturated rings. The zero-order valence-electron chi connectivity index (χ0n) is 10.7. The van der Waals surface area contributed by atoms with Gasteiger partial charge in [0.1, 0.15) is 17.5 Å². The zero-order valence-corrected chi connectivity index (χ0v) is 10.7. The van der Waals surface area contributed by atoms with Crippen LogP contribution < -0.4 is 16.6 Å². The van der Waals surface area contributed by atoms with Gasteiger partial charge in [-0.05, 0) is 25.2 Å². The van der Waals surface area contributed by atoms with Crippen LogP contribution in [0.25, 0.3) is 0 Å². The minimum Gasteiger partial charge on any atom is -0.369 e. The molecule has 94 valence electrons. The molecule has 2 atom stereocenters. The second-order valence-electron chi connectivity index (χ2n) is 4.81. The Morgan fingerprint density at radius 1 is 1.35 bits per heavy atom. The third-order valence-electron chi connectivity index (χ3n) is 3.45. The van der Waals surface area contributed by atoms with Crippen LogP contribution in [0.3, 0.4) is 0 Å². The van der Waals surface area contributed by atoms with E-state index in [0.717, 1.165) is 42.0 Å². The van der Waals surface area contributed by atoms with Crippen molar-refractivity contribution in [2.75, 3.05) is 17.3 Å². The lowest BCUT2D eigenvalue weighted by Crippen LogP contribution is -2.15. The zero-order chi connectivity index (χ0) is 12.4. The fourth-order valence-corrected chi connectivity index (χ4v) is 1.94. The Hall–Kier alpha value is -1.36. The van der Waals surface area contributed by atoms with Crippen LogP contribution in [-0.2, 0) is 6.42 Å². The van der Waals surface area contributed by atoms with Crippen molar-refractivity contribution in [3.8, 4) is 0 Å². The third-order valence-corrected chi connectivity index (χ3v) is 3.45. The van der Waals surface area contributed by atoms with Crippen molar-refractivity contribution in [1.82, 2.24) is 9.97 Å². The number of anilines is 2. The van der Waals surface area contributed by atoms with E-state index in [2.05, 4.69) is 27.6 Å². The second kappa shape index (κ2) is 4.87. The minimum atomic E-state index is 0.711. The molecule has 0 radical (unpaired) electrons. The first-order valence-electron chi connectivity index (χ1n) is 6.23. The first-order chi connectivity index (χ1) is 8.15. The van der Waals surface area contributed by atoms with E-state index in [-0.39, 0.29) is 0 Å². The molecule has 1 aliphatic rings. The van der Waals surface area contributed by atoms with Gasteiger partial charge in [-0.15, -0.1) is 0 Å². The lowest BCUT2D eigenvalue weighted by Gasteiger charge is -2.12. The van der Waals surface area contributed by atoms with Crippen LogP contribution in [0.5, 0.6) is 0 Å². The van der Waals surface area contributed by atoms with Crippen molar-refractivity contribution >= 4 is 11.6 Å². The molecule has 5 nitrogen and oxygen atoms in total. The van der Waals surface area contributed by atoms with Gasteiger partial charge < -0.3 is 10.7 Å². The van der Waals surface area contributed by atoms with E-state index in [1.807, 2.05) is 13.8 Å². The summed E-state index contributed by atoms with van der Waals surface area (Å²) in [6.45, 7) is 7.29. The maximum Gasteiger partial charge on any atom is 0.148 e. The Morgan fingerprint density at radius 2 is 2.00 bits per heavy atom. The first kappa shape index (κ1) is 12.1. The van der Waals surface area contributed by atoms with Crippen molar-refractivity contribution in [2.24, 2.45) is 17.7 Å². The summed E-state index contributed by atoms with van der Waals surface area (Å²) in [7, 11) is 0. The molecule has 0 amide bonds. The van der Waals surface area contributed by atoms with Gasteiger partial charge in [-0.1, -0.05) is 13.8 Å². The monoisotopic (exact) mass is 235 g/mol. The average molecular weight is 235 g/mol. The van der Waals surface area contributed by atoms with Gasteiger partial charge in [0.05, 0.1) is 0 Å². The van der Waals surface area contributed by atoms with E-state index < -0.39 is 0 Å². The smallest absolute Gasteiger partial charge is 0.148 e. The molecule has 2 unspecified atom stereocenters. The van der Waals surface area contributed by atoms with E-state index >= 15 is 0 Å². The number of nitrogens with one attached hydrogen (secondary N) is 2. The molecule has 5 heteroatoms. The molecule has 1 aromatic heterocycles. The summed E-state index contributed by atoms with van der Waals surface area (Å²) in [6, 6.07) is 0. The second-order valence-corrected chi connectivity index (χ2v) is 4.81. The summed E-state index contributed by atoms with van der Waals surface area (Å²) >= 11 is 0. The minimum absolute atomic E-state index is 0.711. The Morgan fingerprint density at radius 3 is 2.53 bits per heavy atom. The largest absolute Gasteiger partial charge is 0.369 e. The highest BCUT2D eigenvalue weighted by Gasteiger charge is 2.32. The van der Waals surface area contributed by atoms with Crippen LogP contribution in [0, 0.1) is 18.8 Å². The van der Waals surface area contributed by atoms with Crippen LogP contribution in [-0.4, -0.2) is 16.5 Å². The lowest BCUT2D eigenvalue weighted by atomic mass is 10.2. The molecule has 0 aromatic carbocycles. The van der Waals surface area contributed by atoms with Crippen molar-refractivity contribution in [3.05, 3.63) is 11.4 Å². The van der Waals surface area contributed by atoms with Gasteiger partial charge in [0.25, 0.3) is 0 Å². The van der Waals surface area contributed by atoms with Crippen molar-refractivity contribution in [2.45, 2.75) is 33.6 Å². The van der Waals surface area contributed by atoms with Crippen LogP contribution in [0.15, 0.2) is 0 Å². The van der Waals surface area contributed by atoms with Gasteiger partial charge in [-0.3, -0.25) is 0 Å². The number of hydrazine groups is 1. The van der Waals surface area contributed by atoms with Crippen molar-refractivity contribution < 1.29 is 0 Å². The summed E-state index contributed by atoms with van der Waals surface area (Å²) in [5, 5.41) is 3.41. The lowest BCUT2D eigenvalue weighted by molar-refractivity contribution is 0.781. The SMILES string of the molecule is CCc1nc(NN)c(C)c(NCC2CC2C)n1. The standard InChI is InChI=1S/C12H21N5/c1-4-10-15-11(8(3)12(16-10)17-13)14-6-9-5-7(9)2/h7,9H,4-6,13H2,1-3H3,(H2,14,15,16,17). The number of nitrogens with zero attached hydrogens (tertiary/aromatic N) is 2. The van der Waals surface area contributed by atoms with E-state index in [1.54, 1.807) is 0 Å². The molecule has 1 heterocycles. The van der Waals surface area contributed by atoms with Crippen molar-refractivity contribution in [1.29, 1.82) is 0 Å². The predicted molar refractivity (Wildman–Crippen MR) is 69.7 cm³/mol. The Balaban J connectivity index is 2.13. The van der Waals surface area contributed by atoms with Gasteiger partial charge >= 0.3 is 0 Å². The van der Waals surface area contributed by atoms with E-state index in [4.69, 9.17) is 5.84 Å². The molecular weight excluding hydrogens is 214 g/mol. The number of aromatic nitrogens is 2. The van der Waals surface area contributed by atoms with Crippen LogP contribution in [0.1, 0.15) is 31.7 Å². The maximum absolute atomic E-state index is 5.47. The number of aryl methyl sites for hydroxylation is 1. The van der Waals surface area contributed by atoms with E-state index in [0.29, 0.717) is 5.82 Å². The highest BCUT2D eigenvalue weighted by Crippen LogP contribution is 2.37. The van der Waals surface area contributed by atoms with E-state index in [9.17, 15) is 0 Å². The maximum atomic E-state index is 5.47. The summed E-state index contributed by atoms with van der Waals surface area (Å²) in [5.41, 5.74) is 3.62. The molecular formula is C12H21N5. The van der Waals surface area contributed by atoms with Gasteiger partial charge in [0.2, 0.25) is 0 Å². The molecule has 0 spiro atoms. The first-order valence-corrected chi connectivity index (χ1v) is 6.23. The molecule has 1 aromatic rings. The normalized spacial score (nSPS) is 22.4. The van der Waals surface area contributed by atoms with E-state index in [1.165, 1.54) is 6.42 Å². The van der Waals surface area contributed by atoms with Gasteiger partial charge in [-0.25, -0.2) is 15.8 Å². The molecule has 1 aliphatic carbocycles. The molecule has 0 saturated heterocycles. The quantitative estimate of drug-likeness (QED) is 0.535. The van der Waals surface area contributed by atoms with Gasteiger partial charge in [0, 0.05) is 18.5 Å². The predicted octanol–water partition coefficient (Wildman–Crippen LogP) is 1.70. The molecule has 1 saturated carbocycles. The number of hydrogen-bond donors (Lipinski definition) is 3. The molecule has 2 rings (SSSR count). The topological polar surface area (TPSA) is 75.9 Å². The Bertz CT molecular complexity index is 404. The van der Waals surface area contributed by atoms with Crippen LogP contribution in [0.2, 0.25) is 0 Å². The van der Waals surface area contributed by atoms with Crippen LogP contribution >= 0.6 is 0 Å². The fourth-order valence-electron chi connectivity index (χ4n) is 1.94. The number of nitrogen functional groups attached to an aromatic ring is 1. The Kier molecular flexibility index (Phi) is 3.47. The molecule has 17 heavy (non-hydrogen) atoms. The number of nitrogens with two attached hydrogens (primary N) is 1. The average Bonchev–Trinajstić information content (AvgIpc) is 3.04.